The minimum atomic E-state index is -0.415. The minimum absolute atomic E-state index is 0.0380. The molecule has 0 atom stereocenters. The maximum atomic E-state index is 12.9. The van der Waals surface area contributed by atoms with E-state index >= 15 is 0 Å². The summed E-state index contributed by atoms with van der Waals surface area (Å²) in [4.78, 5) is 32.4. The van der Waals surface area contributed by atoms with Crippen molar-refractivity contribution in [1.82, 2.24) is 14.5 Å². The highest BCUT2D eigenvalue weighted by atomic mass is 16.6. The molecule has 1 N–H and O–H groups in total. The molecule has 5 rings (SSSR count). The van der Waals surface area contributed by atoms with Gasteiger partial charge in [-0.05, 0) is 48.4 Å². The Morgan fingerprint density at radius 1 is 1.00 bits per heavy atom. The van der Waals surface area contributed by atoms with Crippen LogP contribution in [0.2, 0.25) is 0 Å². The number of pyridine rings is 1. The van der Waals surface area contributed by atoms with Crippen molar-refractivity contribution in [2.75, 3.05) is 42.9 Å². The van der Waals surface area contributed by atoms with Crippen molar-refractivity contribution in [3.63, 3.8) is 0 Å². The molecule has 9 heteroatoms. The minimum Gasteiger partial charge on any atom is -0.367 e. The highest BCUT2D eigenvalue weighted by molar-refractivity contribution is 5.95. The van der Waals surface area contributed by atoms with Crippen LogP contribution in [0.1, 0.15) is 5.56 Å². The monoisotopic (exact) mass is 484 g/mol. The third-order valence-corrected chi connectivity index (χ3v) is 6.64. The van der Waals surface area contributed by atoms with Crippen molar-refractivity contribution >= 4 is 33.9 Å². The standard InChI is InChI=1S/C27H28N6O3/c34-27(20-32-14-10-22-19-23(33(35)36)5-6-25(22)32)29-24-3-1-2-4-26(24)31-17-15-30(16-18-31)13-9-21-7-11-28-12-8-21/h1-8,10-12,14,19H,9,13,15-18,20H2,(H,29,34). The zero-order chi connectivity index (χ0) is 24.9. The number of para-hydroxylation sites is 2. The Hall–Kier alpha value is -4.24. The highest BCUT2D eigenvalue weighted by Crippen LogP contribution is 2.27. The van der Waals surface area contributed by atoms with Crippen LogP contribution in [0.4, 0.5) is 17.1 Å². The van der Waals surface area contributed by atoms with Crippen LogP contribution in [0.5, 0.6) is 0 Å². The van der Waals surface area contributed by atoms with E-state index in [1.54, 1.807) is 22.9 Å². The van der Waals surface area contributed by atoms with E-state index < -0.39 is 4.92 Å². The number of nitro groups is 1. The Morgan fingerprint density at radius 3 is 2.56 bits per heavy atom. The topological polar surface area (TPSA) is 96.5 Å². The van der Waals surface area contributed by atoms with Gasteiger partial charge in [0.2, 0.25) is 5.91 Å². The maximum Gasteiger partial charge on any atom is 0.270 e. The molecule has 0 saturated carbocycles. The van der Waals surface area contributed by atoms with Crippen molar-refractivity contribution in [3.8, 4) is 0 Å². The smallest absolute Gasteiger partial charge is 0.270 e. The fourth-order valence-corrected chi connectivity index (χ4v) is 4.69. The maximum absolute atomic E-state index is 12.9. The molecular weight excluding hydrogens is 456 g/mol. The van der Waals surface area contributed by atoms with Crippen LogP contribution in [0, 0.1) is 10.1 Å². The molecule has 0 spiro atoms. The molecule has 1 amide bonds. The predicted octanol–water partition coefficient (Wildman–Crippen LogP) is 3.95. The molecule has 1 aliphatic rings. The molecule has 0 bridgehead atoms. The lowest BCUT2D eigenvalue weighted by atomic mass is 10.1. The molecule has 0 unspecified atom stereocenters. The van der Waals surface area contributed by atoms with Gasteiger partial charge in [0.1, 0.15) is 6.54 Å². The van der Waals surface area contributed by atoms with Gasteiger partial charge in [0, 0.05) is 74.3 Å². The number of carbonyl (C=O) groups excluding carboxylic acids is 1. The number of piperazine rings is 1. The molecule has 36 heavy (non-hydrogen) atoms. The van der Waals surface area contributed by atoms with Gasteiger partial charge in [-0.3, -0.25) is 24.8 Å². The van der Waals surface area contributed by atoms with Crippen molar-refractivity contribution < 1.29 is 9.72 Å². The Morgan fingerprint density at radius 2 is 1.78 bits per heavy atom. The number of benzene rings is 2. The number of nitro benzene ring substituents is 1. The Bertz CT molecular complexity index is 1360. The van der Waals surface area contributed by atoms with Crippen LogP contribution in [-0.4, -0.2) is 58.0 Å². The van der Waals surface area contributed by atoms with Crippen molar-refractivity contribution in [1.29, 1.82) is 0 Å². The van der Waals surface area contributed by atoms with Gasteiger partial charge in [-0.2, -0.15) is 0 Å². The molecule has 9 nitrogen and oxygen atoms in total. The number of hydrogen-bond donors (Lipinski definition) is 1. The van der Waals surface area contributed by atoms with E-state index in [0.717, 1.165) is 61.4 Å². The van der Waals surface area contributed by atoms with E-state index in [4.69, 9.17) is 0 Å². The lowest BCUT2D eigenvalue weighted by Crippen LogP contribution is -2.47. The molecule has 3 heterocycles. The Labute approximate surface area is 209 Å². The Kier molecular flexibility index (Phi) is 6.90. The predicted molar refractivity (Wildman–Crippen MR) is 140 cm³/mol. The number of rotatable bonds is 8. The summed E-state index contributed by atoms with van der Waals surface area (Å²) in [6.45, 7) is 4.86. The number of amides is 1. The van der Waals surface area contributed by atoms with Gasteiger partial charge in [0.15, 0.2) is 0 Å². The zero-order valence-electron chi connectivity index (χ0n) is 19.9. The molecule has 2 aromatic heterocycles. The molecular formula is C27H28N6O3. The average Bonchev–Trinajstić information content (AvgIpc) is 3.30. The number of fused-ring (bicyclic) bond motifs is 1. The number of aromatic nitrogens is 2. The summed E-state index contributed by atoms with van der Waals surface area (Å²) in [5, 5.41) is 14.8. The lowest BCUT2D eigenvalue weighted by Gasteiger charge is -2.37. The van der Waals surface area contributed by atoms with E-state index in [1.165, 1.54) is 17.7 Å². The summed E-state index contributed by atoms with van der Waals surface area (Å²) >= 11 is 0. The van der Waals surface area contributed by atoms with E-state index in [1.807, 2.05) is 36.7 Å². The van der Waals surface area contributed by atoms with Crippen LogP contribution in [0.15, 0.2) is 79.3 Å². The molecule has 0 radical (unpaired) electrons. The van der Waals surface area contributed by atoms with Gasteiger partial charge >= 0.3 is 0 Å². The van der Waals surface area contributed by atoms with Crippen molar-refractivity contribution in [3.05, 3.63) is 94.9 Å². The summed E-state index contributed by atoms with van der Waals surface area (Å²) in [6.07, 6.45) is 6.47. The van der Waals surface area contributed by atoms with E-state index in [-0.39, 0.29) is 18.1 Å². The van der Waals surface area contributed by atoms with Gasteiger partial charge in [0.05, 0.1) is 16.3 Å². The second-order valence-corrected chi connectivity index (χ2v) is 8.94. The molecule has 0 aliphatic carbocycles. The second-order valence-electron chi connectivity index (χ2n) is 8.94. The third kappa shape index (κ3) is 5.36. The summed E-state index contributed by atoms with van der Waals surface area (Å²) in [6, 6.07) is 18.5. The summed E-state index contributed by atoms with van der Waals surface area (Å²) in [5.41, 5.74) is 3.93. The van der Waals surface area contributed by atoms with Gasteiger partial charge in [-0.15, -0.1) is 0 Å². The first-order valence-corrected chi connectivity index (χ1v) is 12.1. The van der Waals surface area contributed by atoms with Crippen LogP contribution in [0.25, 0.3) is 10.9 Å². The third-order valence-electron chi connectivity index (χ3n) is 6.64. The Balaban J connectivity index is 1.20. The molecule has 1 saturated heterocycles. The summed E-state index contributed by atoms with van der Waals surface area (Å²) in [5.74, 6) is -0.144. The first kappa shape index (κ1) is 23.5. The lowest BCUT2D eigenvalue weighted by molar-refractivity contribution is -0.384. The average molecular weight is 485 g/mol. The number of nitrogens with zero attached hydrogens (tertiary/aromatic N) is 5. The van der Waals surface area contributed by atoms with Gasteiger partial charge in [0.25, 0.3) is 5.69 Å². The first-order valence-electron chi connectivity index (χ1n) is 12.1. The molecule has 1 aliphatic heterocycles. The number of non-ortho nitro benzene ring substituents is 1. The fraction of sp³-hybridized carbons (Fsp3) is 0.259. The van der Waals surface area contributed by atoms with E-state index in [0.29, 0.717) is 0 Å². The van der Waals surface area contributed by atoms with Gasteiger partial charge < -0.3 is 14.8 Å². The van der Waals surface area contributed by atoms with Crippen LogP contribution in [-0.2, 0) is 17.8 Å². The highest BCUT2D eigenvalue weighted by Gasteiger charge is 2.20. The normalized spacial score (nSPS) is 14.2. The number of nitrogens with one attached hydrogen (secondary N) is 1. The number of hydrogen-bond acceptors (Lipinski definition) is 6. The first-order chi connectivity index (χ1) is 17.6. The molecule has 2 aromatic carbocycles. The summed E-state index contributed by atoms with van der Waals surface area (Å²) < 4.78 is 1.80. The van der Waals surface area contributed by atoms with Crippen molar-refractivity contribution in [2.24, 2.45) is 0 Å². The largest absolute Gasteiger partial charge is 0.367 e. The van der Waals surface area contributed by atoms with Crippen LogP contribution in [0.3, 0.4) is 0 Å². The zero-order valence-corrected chi connectivity index (χ0v) is 19.9. The van der Waals surface area contributed by atoms with Gasteiger partial charge in [-0.25, -0.2) is 0 Å². The molecule has 1 fully saturated rings. The van der Waals surface area contributed by atoms with Crippen LogP contribution >= 0.6 is 0 Å². The quantitative estimate of drug-likeness (QED) is 0.301. The van der Waals surface area contributed by atoms with Crippen molar-refractivity contribution in [2.45, 2.75) is 13.0 Å². The number of carbonyl (C=O) groups is 1. The fourth-order valence-electron chi connectivity index (χ4n) is 4.69. The van der Waals surface area contributed by atoms with E-state index in [9.17, 15) is 14.9 Å². The number of anilines is 2. The SMILES string of the molecule is O=C(Cn1ccc2cc([N+](=O)[O-])ccc21)Nc1ccccc1N1CCN(CCc2ccncc2)CC1. The van der Waals surface area contributed by atoms with Crippen LogP contribution < -0.4 is 10.2 Å². The van der Waals surface area contributed by atoms with Gasteiger partial charge in [-0.1, -0.05) is 12.1 Å². The summed E-state index contributed by atoms with van der Waals surface area (Å²) in [7, 11) is 0. The molecule has 4 aromatic rings. The van der Waals surface area contributed by atoms with E-state index in [2.05, 4.69) is 32.2 Å². The second kappa shape index (κ2) is 10.6. The molecule has 184 valence electrons.